The van der Waals surface area contributed by atoms with Crippen molar-refractivity contribution < 1.29 is 9.90 Å². The summed E-state index contributed by atoms with van der Waals surface area (Å²) in [7, 11) is 0. The van der Waals surface area contributed by atoms with Crippen LogP contribution in [0.3, 0.4) is 0 Å². The molecule has 4 nitrogen and oxygen atoms in total. The Morgan fingerprint density at radius 3 is 2.32 bits per heavy atom. The van der Waals surface area contributed by atoms with Crippen molar-refractivity contribution >= 4 is 5.91 Å². The molecule has 0 aliphatic carbocycles. The molecule has 4 N–H and O–H groups in total. The molecule has 1 atom stereocenters. The Kier molecular flexibility index (Phi) is 7.60. The van der Waals surface area contributed by atoms with Gasteiger partial charge >= 0.3 is 0 Å². The maximum Gasteiger partial charge on any atom is 0.221 e. The van der Waals surface area contributed by atoms with Crippen LogP contribution in [0.2, 0.25) is 0 Å². The molecular weight excluding hydrogens is 240 g/mol. The fourth-order valence-electron chi connectivity index (χ4n) is 2.15. The maximum atomic E-state index is 11.8. The van der Waals surface area contributed by atoms with Gasteiger partial charge in [0, 0.05) is 25.6 Å². The normalized spacial score (nSPS) is 14.3. The van der Waals surface area contributed by atoms with Gasteiger partial charge in [0.25, 0.3) is 0 Å². The van der Waals surface area contributed by atoms with Gasteiger partial charge in [-0.15, -0.1) is 0 Å². The van der Waals surface area contributed by atoms with E-state index in [1.807, 2.05) is 0 Å². The van der Waals surface area contributed by atoms with Crippen molar-refractivity contribution in [3.05, 3.63) is 0 Å². The highest BCUT2D eigenvalue weighted by Gasteiger charge is 2.21. The molecule has 0 aromatic carbocycles. The first-order valence-corrected chi connectivity index (χ1v) is 7.19. The maximum absolute atomic E-state index is 11.8. The van der Waals surface area contributed by atoms with E-state index in [0.29, 0.717) is 13.0 Å². The van der Waals surface area contributed by atoms with Crippen LogP contribution < -0.4 is 11.1 Å². The molecule has 19 heavy (non-hydrogen) atoms. The van der Waals surface area contributed by atoms with Crippen molar-refractivity contribution in [3.8, 4) is 0 Å². The van der Waals surface area contributed by atoms with Crippen molar-refractivity contribution in [1.82, 2.24) is 5.32 Å². The van der Waals surface area contributed by atoms with Gasteiger partial charge in [-0.1, -0.05) is 34.6 Å². The summed E-state index contributed by atoms with van der Waals surface area (Å²) < 4.78 is 0. The minimum atomic E-state index is -0.0828. The van der Waals surface area contributed by atoms with Crippen molar-refractivity contribution in [2.24, 2.45) is 16.6 Å². The van der Waals surface area contributed by atoms with E-state index in [1.54, 1.807) is 0 Å². The summed E-state index contributed by atoms with van der Waals surface area (Å²) in [6.07, 6.45) is 2.89. The summed E-state index contributed by atoms with van der Waals surface area (Å²) in [6, 6.07) is -0.0828. The summed E-state index contributed by atoms with van der Waals surface area (Å²) in [4.78, 5) is 11.8. The van der Waals surface area contributed by atoms with E-state index in [0.717, 1.165) is 19.3 Å². The third-order valence-corrected chi connectivity index (χ3v) is 3.10. The predicted molar refractivity (Wildman–Crippen MR) is 79.8 cm³/mol. The lowest BCUT2D eigenvalue weighted by atomic mass is 9.86. The topological polar surface area (TPSA) is 75.4 Å². The number of hydrogen-bond donors (Lipinski definition) is 3. The van der Waals surface area contributed by atoms with Gasteiger partial charge in [-0.25, -0.2) is 0 Å². The van der Waals surface area contributed by atoms with Crippen LogP contribution in [0.25, 0.3) is 0 Å². The lowest BCUT2D eigenvalue weighted by Gasteiger charge is -2.26. The van der Waals surface area contributed by atoms with Crippen molar-refractivity contribution in [3.63, 3.8) is 0 Å². The number of hydrogen-bond acceptors (Lipinski definition) is 3. The Hall–Kier alpha value is -0.610. The van der Waals surface area contributed by atoms with E-state index >= 15 is 0 Å². The molecule has 0 aromatic heterocycles. The average Bonchev–Trinajstić information content (AvgIpc) is 2.21. The summed E-state index contributed by atoms with van der Waals surface area (Å²) in [5.41, 5.74) is 6.16. The Morgan fingerprint density at radius 1 is 1.26 bits per heavy atom. The second-order valence-corrected chi connectivity index (χ2v) is 7.50. The highest BCUT2D eigenvalue weighted by molar-refractivity contribution is 5.76. The first-order chi connectivity index (χ1) is 8.56. The number of rotatable bonds is 8. The second kappa shape index (κ2) is 7.85. The van der Waals surface area contributed by atoms with E-state index in [2.05, 4.69) is 39.9 Å². The average molecular weight is 272 g/mol. The molecule has 4 heteroatoms. The van der Waals surface area contributed by atoms with Crippen LogP contribution in [0.4, 0.5) is 0 Å². The molecule has 0 rings (SSSR count). The first-order valence-electron chi connectivity index (χ1n) is 7.19. The van der Waals surface area contributed by atoms with Gasteiger partial charge in [0.05, 0.1) is 0 Å². The van der Waals surface area contributed by atoms with Crippen LogP contribution in [0, 0.1) is 10.8 Å². The molecule has 0 aliphatic heterocycles. The molecule has 0 aliphatic rings. The molecular formula is C15H32N2O2. The fourth-order valence-corrected chi connectivity index (χ4v) is 2.15. The van der Waals surface area contributed by atoms with Crippen LogP contribution in [0.15, 0.2) is 0 Å². The summed E-state index contributed by atoms with van der Waals surface area (Å²) in [5.74, 6) is 0.0221. The molecule has 0 radical (unpaired) electrons. The van der Waals surface area contributed by atoms with E-state index < -0.39 is 0 Å². The molecule has 0 spiro atoms. The van der Waals surface area contributed by atoms with E-state index in [1.165, 1.54) is 0 Å². The fraction of sp³-hybridized carbons (Fsp3) is 0.933. The molecule has 1 unspecified atom stereocenters. The van der Waals surface area contributed by atoms with Crippen molar-refractivity contribution in [1.29, 1.82) is 0 Å². The van der Waals surface area contributed by atoms with E-state index in [-0.39, 0.29) is 29.4 Å². The summed E-state index contributed by atoms with van der Waals surface area (Å²) in [5, 5.41) is 11.8. The van der Waals surface area contributed by atoms with Crippen LogP contribution >= 0.6 is 0 Å². The number of carbonyl (C=O) groups is 1. The number of aliphatic hydroxyl groups is 1. The zero-order valence-corrected chi connectivity index (χ0v) is 13.3. The van der Waals surface area contributed by atoms with Crippen LogP contribution in [0.1, 0.15) is 60.3 Å². The predicted octanol–water partition coefficient (Wildman–Crippen LogP) is 2.05. The van der Waals surface area contributed by atoms with Gasteiger partial charge in [0.15, 0.2) is 0 Å². The third kappa shape index (κ3) is 11.0. The molecule has 0 saturated carbocycles. The van der Waals surface area contributed by atoms with Gasteiger partial charge in [-0.2, -0.15) is 0 Å². The molecule has 114 valence electrons. The molecule has 0 aromatic rings. The largest absolute Gasteiger partial charge is 0.396 e. The van der Waals surface area contributed by atoms with Gasteiger partial charge in [0.2, 0.25) is 5.91 Å². The zero-order chi connectivity index (χ0) is 15.1. The number of carbonyl (C=O) groups excluding carboxylic acids is 1. The van der Waals surface area contributed by atoms with Crippen LogP contribution in [0.5, 0.6) is 0 Å². The van der Waals surface area contributed by atoms with Gasteiger partial charge in [0.1, 0.15) is 0 Å². The smallest absolute Gasteiger partial charge is 0.221 e. The van der Waals surface area contributed by atoms with Crippen molar-refractivity contribution in [2.45, 2.75) is 66.3 Å². The standard InChI is InChI=1S/C15H32N2O2/c1-14(2,3)10-12(16)9-13(19)17-11-15(4,5)7-6-8-18/h12,18H,6-11,16H2,1-5H3,(H,17,19). The Morgan fingerprint density at radius 2 is 1.84 bits per heavy atom. The molecule has 0 heterocycles. The lowest BCUT2D eigenvalue weighted by Crippen LogP contribution is -2.38. The number of nitrogens with one attached hydrogen (secondary N) is 1. The molecule has 0 bridgehead atoms. The first kappa shape index (κ1) is 18.4. The minimum Gasteiger partial charge on any atom is -0.396 e. The van der Waals surface area contributed by atoms with Crippen molar-refractivity contribution in [2.75, 3.05) is 13.2 Å². The summed E-state index contributed by atoms with van der Waals surface area (Å²) >= 11 is 0. The molecule has 0 saturated heterocycles. The SMILES string of the molecule is CC(C)(C)CC(N)CC(=O)NCC(C)(C)CCCO. The highest BCUT2D eigenvalue weighted by Crippen LogP contribution is 2.22. The number of nitrogens with two attached hydrogens (primary N) is 1. The van der Waals surface area contributed by atoms with Gasteiger partial charge in [-0.3, -0.25) is 4.79 Å². The van der Waals surface area contributed by atoms with Gasteiger partial charge in [-0.05, 0) is 30.1 Å². The third-order valence-electron chi connectivity index (χ3n) is 3.10. The lowest BCUT2D eigenvalue weighted by molar-refractivity contribution is -0.122. The number of amides is 1. The summed E-state index contributed by atoms with van der Waals surface area (Å²) in [6.45, 7) is 11.4. The van der Waals surface area contributed by atoms with Crippen LogP contribution in [-0.2, 0) is 4.79 Å². The van der Waals surface area contributed by atoms with E-state index in [4.69, 9.17) is 10.8 Å². The quantitative estimate of drug-likeness (QED) is 0.633. The Bertz CT molecular complexity index is 270. The number of aliphatic hydroxyl groups excluding tert-OH is 1. The minimum absolute atomic E-state index is 0.0203. The molecule has 1 amide bonds. The second-order valence-electron chi connectivity index (χ2n) is 7.50. The molecule has 0 fully saturated rings. The highest BCUT2D eigenvalue weighted by atomic mass is 16.2. The Labute approximate surface area is 118 Å². The van der Waals surface area contributed by atoms with E-state index in [9.17, 15) is 4.79 Å². The van der Waals surface area contributed by atoms with Crippen LogP contribution in [-0.4, -0.2) is 30.2 Å². The zero-order valence-electron chi connectivity index (χ0n) is 13.3. The van der Waals surface area contributed by atoms with Gasteiger partial charge < -0.3 is 16.2 Å². The Balaban J connectivity index is 3.98. The monoisotopic (exact) mass is 272 g/mol.